The predicted molar refractivity (Wildman–Crippen MR) is 84.1 cm³/mol. The van der Waals surface area contributed by atoms with E-state index in [1.165, 1.54) is 5.56 Å². The van der Waals surface area contributed by atoms with Gasteiger partial charge in [0, 0.05) is 19.5 Å². The Morgan fingerprint density at radius 1 is 1.40 bits per heavy atom. The summed E-state index contributed by atoms with van der Waals surface area (Å²) < 4.78 is 5.30. The van der Waals surface area contributed by atoms with Crippen LogP contribution in [0.3, 0.4) is 0 Å². The van der Waals surface area contributed by atoms with Gasteiger partial charge >= 0.3 is 0 Å². The zero-order valence-electron chi connectivity index (χ0n) is 11.3. The quantitative estimate of drug-likeness (QED) is 0.468. The summed E-state index contributed by atoms with van der Waals surface area (Å²) >= 11 is 1.69. The lowest BCUT2D eigenvalue weighted by atomic mass is 10.3. The molecule has 5 heteroatoms. The minimum Gasteiger partial charge on any atom is -0.469 e. The van der Waals surface area contributed by atoms with E-state index >= 15 is 0 Å². The van der Waals surface area contributed by atoms with E-state index < -0.39 is 0 Å². The Bertz CT molecular complexity index is 517. The number of nitrogens with one attached hydrogen (secondary N) is 2. The van der Waals surface area contributed by atoms with Crippen molar-refractivity contribution in [2.75, 3.05) is 13.1 Å². The molecular weight excluding hydrogens is 270 g/mol. The monoisotopic (exact) mass is 289 g/mol. The van der Waals surface area contributed by atoms with Crippen LogP contribution in [-0.4, -0.2) is 19.0 Å². The second-order valence-corrected chi connectivity index (χ2v) is 5.00. The average molecular weight is 289 g/mol. The first-order valence-electron chi connectivity index (χ1n) is 6.55. The minimum atomic E-state index is 0.677. The topological polar surface area (TPSA) is 49.6 Å². The van der Waals surface area contributed by atoms with Crippen molar-refractivity contribution in [2.24, 2.45) is 4.99 Å². The van der Waals surface area contributed by atoms with Gasteiger partial charge in [-0.3, -0.25) is 0 Å². The van der Waals surface area contributed by atoms with Crippen LogP contribution in [0, 0.1) is 0 Å². The van der Waals surface area contributed by atoms with Crippen LogP contribution >= 0.6 is 11.3 Å². The van der Waals surface area contributed by atoms with Gasteiger partial charge in [0.15, 0.2) is 5.96 Å². The predicted octanol–water partition coefficient (Wildman–Crippen LogP) is 2.81. The zero-order chi connectivity index (χ0) is 14.0. The van der Waals surface area contributed by atoms with Crippen LogP contribution in [0.25, 0.3) is 0 Å². The molecule has 2 N–H and O–H groups in total. The van der Waals surface area contributed by atoms with Gasteiger partial charge in [0.2, 0.25) is 0 Å². The first-order chi connectivity index (χ1) is 9.88. The molecule has 0 saturated carbocycles. The minimum absolute atomic E-state index is 0.677. The van der Waals surface area contributed by atoms with Gasteiger partial charge in [0.25, 0.3) is 0 Å². The van der Waals surface area contributed by atoms with E-state index in [9.17, 15) is 0 Å². The highest BCUT2D eigenvalue weighted by Crippen LogP contribution is 2.06. The van der Waals surface area contributed by atoms with Crippen LogP contribution in [0.15, 0.2) is 57.3 Å². The number of nitrogens with zero attached hydrogens (tertiary/aromatic N) is 1. The van der Waals surface area contributed by atoms with Gasteiger partial charge < -0.3 is 15.1 Å². The van der Waals surface area contributed by atoms with Crippen LogP contribution in [-0.2, 0) is 13.0 Å². The van der Waals surface area contributed by atoms with Gasteiger partial charge in [0.1, 0.15) is 5.76 Å². The van der Waals surface area contributed by atoms with Crippen molar-refractivity contribution in [3.8, 4) is 0 Å². The third-order valence-corrected chi connectivity index (χ3v) is 3.39. The maximum atomic E-state index is 5.30. The normalized spacial score (nSPS) is 11.3. The highest BCUT2D eigenvalue weighted by Gasteiger charge is 2.00. The van der Waals surface area contributed by atoms with Gasteiger partial charge in [-0.15, -0.1) is 6.58 Å². The lowest BCUT2D eigenvalue weighted by Crippen LogP contribution is -2.38. The Hall–Kier alpha value is -2.01. The molecule has 0 amide bonds. The van der Waals surface area contributed by atoms with Crippen LogP contribution in [0.4, 0.5) is 0 Å². The fourth-order valence-corrected chi connectivity index (χ4v) is 2.31. The van der Waals surface area contributed by atoms with Crippen LogP contribution in [0.5, 0.6) is 0 Å². The second-order valence-electron chi connectivity index (χ2n) is 4.22. The molecule has 0 radical (unpaired) electrons. The molecule has 4 nitrogen and oxygen atoms in total. The molecule has 0 bridgehead atoms. The Morgan fingerprint density at radius 3 is 3.05 bits per heavy atom. The number of thiophene rings is 1. The molecule has 20 heavy (non-hydrogen) atoms. The molecule has 0 aromatic carbocycles. The third-order valence-electron chi connectivity index (χ3n) is 2.66. The molecule has 0 aliphatic rings. The second kappa shape index (κ2) is 8.22. The molecule has 0 spiro atoms. The molecule has 2 rings (SSSR count). The molecular formula is C15H19N3OS. The highest BCUT2D eigenvalue weighted by molar-refractivity contribution is 7.07. The fraction of sp³-hybridized carbons (Fsp3) is 0.267. The number of aliphatic imine (C=N–C) groups is 1. The van der Waals surface area contributed by atoms with Crippen LogP contribution in [0.2, 0.25) is 0 Å². The fourth-order valence-electron chi connectivity index (χ4n) is 1.66. The average Bonchev–Trinajstić information content (AvgIpc) is 3.14. The van der Waals surface area contributed by atoms with Crippen molar-refractivity contribution in [1.82, 2.24) is 10.6 Å². The Labute approximate surface area is 123 Å². The van der Waals surface area contributed by atoms with Gasteiger partial charge in [-0.2, -0.15) is 11.3 Å². The molecule has 2 aromatic heterocycles. The Balaban J connectivity index is 1.82. The zero-order valence-corrected chi connectivity index (χ0v) is 12.2. The molecule has 2 aromatic rings. The standard InChI is InChI=1S/C15H19N3OS/c1-2-7-16-15(18-11-13-6-10-20-12-13)17-8-5-14-4-3-9-19-14/h2-4,6,9-10,12H,1,5,7-8,11H2,(H2,16,17,18). The van der Waals surface area contributed by atoms with Gasteiger partial charge in [-0.25, -0.2) is 4.99 Å². The van der Waals surface area contributed by atoms with Crippen molar-refractivity contribution in [3.63, 3.8) is 0 Å². The summed E-state index contributed by atoms with van der Waals surface area (Å²) in [6.45, 7) is 5.85. The molecule has 0 aliphatic carbocycles. The van der Waals surface area contributed by atoms with Crippen molar-refractivity contribution in [1.29, 1.82) is 0 Å². The van der Waals surface area contributed by atoms with E-state index in [-0.39, 0.29) is 0 Å². The van der Waals surface area contributed by atoms with Crippen molar-refractivity contribution >= 4 is 17.3 Å². The van der Waals surface area contributed by atoms with E-state index in [1.54, 1.807) is 17.6 Å². The number of furan rings is 1. The molecule has 0 unspecified atom stereocenters. The molecule has 106 valence electrons. The van der Waals surface area contributed by atoms with E-state index in [1.807, 2.05) is 18.2 Å². The molecule has 0 aliphatic heterocycles. The van der Waals surface area contributed by atoms with Gasteiger partial charge in [-0.1, -0.05) is 6.08 Å². The Kier molecular flexibility index (Phi) is 5.92. The van der Waals surface area contributed by atoms with E-state index in [4.69, 9.17) is 4.42 Å². The van der Waals surface area contributed by atoms with E-state index in [2.05, 4.69) is 39.0 Å². The lowest BCUT2D eigenvalue weighted by molar-refractivity contribution is 0.507. The molecule has 0 fully saturated rings. The highest BCUT2D eigenvalue weighted by atomic mass is 32.1. The van der Waals surface area contributed by atoms with Crippen molar-refractivity contribution in [3.05, 3.63) is 59.2 Å². The Morgan fingerprint density at radius 2 is 2.35 bits per heavy atom. The van der Waals surface area contributed by atoms with Gasteiger partial charge in [0.05, 0.1) is 12.8 Å². The summed E-state index contributed by atoms with van der Waals surface area (Å²) in [6.07, 6.45) is 4.34. The number of guanidine groups is 1. The summed E-state index contributed by atoms with van der Waals surface area (Å²) in [5, 5.41) is 10.7. The van der Waals surface area contributed by atoms with Gasteiger partial charge in [-0.05, 0) is 34.5 Å². The summed E-state index contributed by atoms with van der Waals surface area (Å²) in [5.74, 6) is 1.76. The molecule has 0 saturated heterocycles. The third kappa shape index (κ3) is 4.93. The summed E-state index contributed by atoms with van der Waals surface area (Å²) in [4.78, 5) is 4.55. The van der Waals surface area contributed by atoms with Crippen LogP contribution < -0.4 is 10.6 Å². The summed E-state index contributed by atoms with van der Waals surface area (Å²) in [5.41, 5.74) is 1.22. The smallest absolute Gasteiger partial charge is 0.191 e. The molecule has 2 heterocycles. The maximum Gasteiger partial charge on any atom is 0.191 e. The summed E-state index contributed by atoms with van der Waals surface area (Å²) in [7, 11) is 0. The van der Waals surface area contributed by atoms with Crippen molar-refractivity contribution < 1.29 is 4.42 Å². The number of rotatable bonds is 7. The maximum absolute atomic E-state index is 5.30. The van der Waals surface area contributed by atoms with Crippen LogP contribution in [0.1, 0.15) is 11.3 Å². The van der Waals surface area contributed by atoms with Crippen molar-refractivity contribution in [2.45, 2.75) is 13.0 Å². The number of hydrogen-bond donors (Lipinski definition) is 2. The van der Waals surface area contributed by atoms with E-state index in [0.717, 1.165) is 24.7 Å². The first-order valence-corrected chi connectivity index (χ1v) is 7.49. The SMILES string of the molecule is C=CCNC(=NCc1ccsc1)NCCc1ccco1. The largest absolute Gasteiger partial charge is 0.469 e. The van der Waals surface area contributed by atoms with E-state index in [0.29, 0.717) is 13.1 Å². The number of hydrogen-bond acceptors (Lipinski definition) is 3. The lowest BCUT2D eigenvalue weighted by Gasteiger charge is -2.10. The molecule has 0 atom stereocenters. The summed E-state index contributed by atoms with van der Waals surface area (Å²) in [6, 6.07) is 5.96. The first kappa shape index (κ1) is 14.4.